The maximum absolute atomic E-state index is 4.55. The first-order valence-electron chi connectivity index (χ1n) is 11.3. The quantitative estimate of drug-likeness (QED) is 0.481. The normalized spacial score (nSPS) is 15.7. The molecule has 0 amide bonds. The van der Waals surface area contributed by atoms with Gasteiger partial charge in [-0.3, -0.25) is 0 Å². The van der Waals surface area contributed by atoms with E-state index in [0.29, 0.717) is 0 Å². The zero-order valence-electron chi connectivity index (χ0n) is 18.6. The molecule has 2 N–H and O–H groups in total. The van der Waals surface area contributed by atoms with Crippen molar-refractivity contribution < 1.29 is 0 Å². The van der Waals surface area contributed by atoms with E-state index in [4.69, 9.17) is 0 Å². The van der Waals surface area contributed by atoms with E-state index in [1.54, 1.807) is 0 Å². The van der Waals surface area contributed by atoms with Crippen molar-refractivity contribution in [2.45, 2.75) is 58.4 Å². The smallest absolute Gasteiger partial charge is 0.176 e. The molecule has 2 aromatic carbocycles. The second-order valence-electron chi connectivity index (χ2n) is 8.89. The average Bonchev–Trinajstić information content (AvgIpc) is 3.48. The van der Waals surface area contributed by atoms with E-state index in [1.807, 2.05) is 4.68 Å². The summed E-state index contributed by atoms with van der Waals surface area (Å²) in [6.45, 7) is 7.31. The van der Waals surface area contributed by atoms with Crippen LogP contribution < -0.4 is 5.32 Å². The van der Waals surface area contributed by atoms with Gasteiger partial charge in [0.25, 0.3) is 0 Å². The molecule has 0 radical (unpaired) electrons. The van der Waals surface area contributed by atoms with Crippen molar-refractivity contribution >= 4 is 10.9 Å². The molecule has 6 nitrogen and oxygen atoms in total. The van der Waals surface area contributed by atoms with Crippen LogP contribution in [-0.2, 0) is 12.0 Å². The van der Waals surface area contributed by atoms with Gasteiger partial charge in [-0.15, -0.1) is 5.10 Å². The number of aromatic nitrogens is 5. The topological polar surface area (TPSA) is 71.4 Å². The maximum Gasteiger partial charge on any atom is 0.176 e. The first-order valence-corrected chi connectivity index (χ1v) is 11.3. The fourth-order valence-corrected chi connectivity index (χ4v) is 5.32. The maximum atomic E-state index is 4.55. The van der Waals surface area contributed by atoms with E-state index in [1.165, 1.54) is 46.1 Å². The molecule has 0 saturated heterocycles. The third kappa shape index (κ3) is 3.45. The SMILES string of the molecule is Cc1cccc(C)c1-n1nnnc1C1(NCCc2c(C)[nH]c3ccccc23)CCCC1. The van der Waals surface area contributed by atoms with Gasteiger partial charge in [0.15, 0.2) is 5.82 Å². The Labute approximate surface area is 183 Å². The van der Waals surface area contributed by atoms with Gasteiger partial charge in [-0.25, -0.2) is 0 Å². The second-order valence-corrected chi connectivity index (χ2v) is 8.89. The highest BCUT2D eigenvalue weighted by atomic mass is 15.6. The van der Waals surface area contributed by atoms with Crippen molar-refractivity contribution in [3.8, 4) is 5.69 Å². The monoisotopic (exact) mass is 414 g/mol. The molecular formula is C25H30N6. The zero-order chi connectivity index (χ0) is 21.4. The number of hydrogen-bond acceptors (Lipinski definition) is 4. The van der Waals surface area contributed by atoms with Crippen LogP contribution in [0.3, 0.4) is 0 Å². The lowest BCUT2D eigenvalue weighted by Gasteiger charge is -2.30. The van der Waals surface area contributed by atoms with Crippen molar-refractivity contribution in [2.75, 3.05) is 6.54 Å². The minimum atomic E-state index is -0.182. The van der Waals surface area contributed by atoms with Crippen molar-refractivity contribution in [2.24, 2.45) is 0 Å². The van der Waals surface area contributed by atoms with E-state index in [9.17, 15) is 0 Å². The molecule has 2 aromatic heterocycles. The molecule has 160 valence electrons. The summed E-state index contributed by atoms with van der Waals surface area (Å²) in [6.07, 6.45) is 5.48. The molecule has 4 aromatic rings. The highest BCUT2D eigenvalue weighted by molar-refractivity contribution is 5.84. The standard InChI is InChI=1S/C25H30N6/c1-17-9-8-10-18(2)23(17)31-24(28-29-30-31)25(14-6-7-15-25)26-16-13-20-19(3)27-22-12-5-4-11-21(20)22/h4-5,8-12,26-27H,6-7,13-16H2,1-3H3. The molecule has 0 unspecified atom stereocenters. The number of aromatic amines is 1. The molecule has 6 heteroatoms. The number of nitrogens with one attached hydrogen (secondary N) is 2. The molecule has 1 aliphatic rings. The number of benzene rings is 2. The number of nitrogens with zero attached hydrogens (tertiary/aromatic N) is 4. The van der Waals surface area contributed by atoms with Crippen LogP contribution in [0.4, 0.5) is 0 Å². The van der Waals surface area contributed by atoms with Gasteiger partial charge in [0, 0.05) is 23.1 Å². The third-order valence-electron chi connectivity index (χ3n) is 6.87. The average molecular weight is 415 g/mol. The number of tetrazole rings is 1. The number of H-pyrrole nitrogens is 1. The van der Waals surface area contributed by atoms with Gasteiger partial charge in [0.1, 0.15) is 0 Å². The summed E-state index contributed by atoms with van der Waals surface area (Å²) in [6, 6.07) is 14.9. The van der Waals surface area contributed by atoms with Gasteiger partial charge < -0.3 is 10.3 Å². The summed E-state index contributed by atoms with van der Waals surface area (Å²) >= 11 is 0. The Morgan fingerprint density at radius 1 is 1.00 bits per heavy atom. The summed E-state index contributed by atoms with van der Waals surface area (Å²) in [5.41, 5.74) is 7.16. The van der Waals surface area contributed by atoms with Gasteiger partial charge in [0.2, 0.25) is 0 Å². The Balaban J connectivity index is 1.44. The van der Waals surface area contributed by atoms with E-state index >= 15 is 0 Å². The highest BCUT2D eigenvalue weighted by Gasteiger charge is 2.40. The molecule has 1 fully saturated rings. The largest absolute Gasteiger partial charge is 0.358 e. The zero-order valence-corrected chi connectivity index (χ0v) is 18.6. The molecular weight excluding hydrogens is 384 g/mol. The van der Waals surface area contributed by atoms with Crippen LogP contribution in [0.1, 0.15) is 53.9 Å². The van der Waals surface area contributed by atoms with E-state index in [2.05, 4.69) is 89.1 Å². The Kier molecular flexibility index (Phi) is 5.10. The Morgan fingerprint density at radius 3 is 2.52 bits per heavy atom. The van der Waals surface area contributed by atoms with Crippen LogP contribution in [0.5, 0.6) is 0 Å². The lowest BCUT2D eigenvalue weighted by Crippen LogP contribution is -2.43. The lowest BCUT2D eigenvalue weighted by atomic mass is 9.95. The van der Waals surface area contributed by atoms with Crippen molar-refractivity contribution in [3.05, 3.63) is 70.7 Å². The summed E-state index contributed by atoms with van der Waals surface area (Å²) < 4.78 is 1.97. The predicted molar refractivity (Wildman–Crippen MR) is 124 cm³/mol. The van der Waals surface area contributed by atoms with Crippen LogP contribution in [-0.4, -0.2) is 31.7 Å². The highest BCUT2D eigenvalue weighted by Crippen LogP contribution is 2.39. The molecule has 1 saturated carbocycles. The molecule has 0 spiro atoms. The fraction of sp³-hybridized carbons (Fsp3) is 0.400. The summed E-state index contributed by atoms with van der Waals surface area (Å²) in [5, 5.41) is 18.3. The number of rotatable bonds is 6. The van der Waals surface area contributed by atoms with Crippen LogP contribution in [0.25, 0.3) is 16.6 Å². The minimum Gasteiger partial charge on any atom is -0.358 e. The number of para-hydroxylation sites is 2. The first-order chi connectivity index (χ1) is 15.1. The molecule has 0 bridgehead atoms. The third-order valence-corrected chi connectivity index (χ3v) is 6.87. The Morgan fingerprint density at radius 2 is 1.74 bits per heavy atom. The first kappa shape index (κ1) is 19.9. The van der Waals surface area contributed by atoms with Crippen molar-refractivity contribution in [3.63, 3.8) is 0 Å². The number of hydrogen-bond donors (Lipinski definition) is 2. The minimum absolute atomic E-state index is 0.182. The van der Waals surface area contributed by atoms with Gasteiger partial charge in [-0.2, -0.15) is 4.68 Å². The molecule has 1 aliphatic carbocycles. The van der Waals surface area contributed by atoms with Crippen LogP contribution in [0.2, 0.25) is 0 Å². The molecule has 31 heavy (non-hydrogen) atoms. The summed E-state index contributed by atoms with van der Waals surface area (Å²) in [5.74, 6) is 0.943. The number of aryl methyl sites for hydroxylation is 3. The molecule has 0 aliphatic heterocycles. The van der Waals surface area contributed by atoms with E-state index in [0.717, 1.165) is 37.3 Å². The Bertz CT molecular complexity index is 1190. The second kappa shape index (κ2) is 7.93. The van der Waals surface area contributed by atoms with Crippen LogP contribution in [0.15, 0.2) is 42.5 Å². The van der Waals surface area contributed by atoms with E-state index < -0.39 is 0 Å². The van der Waals surface area contributed by atoms with Crippen molar-refractivity contribution in [1.82, 2.24) is 30.5 Å². The van der Waals surface area contributed by atoms with Gasteiger partial charge in [0.05, 0.1) is 11.2 Å². The number of fused-ring (bicyclic) bond motifs is 1. The lowest BCUT2D eigenvalue weighted by molar-refractivity contribution is 0.317. The van der Waals surface area contributed by atoms with E-state index in [-0.39, 0.29) is 5.54 Å². The Hall–Kier alpha value is -2.99. The van der Waals surface area contributed by atoms with Gasteiger partial charge >= 0.3 is 0 Å². The van der Waals surface area contributed by atoms with Gasteiger partial charge in [-0.05, 0) is 73.2 Å². The summed E-state index contributed by atoms with van der Waals surface area (Å²) in [7, 11) is 0. The van der Waals surface area contributed by atoms with Crippen molar-refractivity contribution in [1.29, 1.82) is 0 Å². The summed E-state index contributed by atoms with van der Waals surface area (Å²) in [4.78, 5) is 3.52. The van der Waals surface area contributed by atoms with Crippen LogP contribution in [0, 0.1) is 20.8 Å². The molecule has 0 atom stereocenters. The molecule has 5 rings (SSSR count). The van der Waals surface area contributed by atoms with Gasteiger partial charge in [-0.1, -0.05) is 49.2 Å². The van der Waals surface area contributed by atoms with Crippen LogP contribution >= 0.6 is 0 Å². The molecule has 2 heterocycles. The fourth-order valence-electron chi connectivity index (χ4n) is 5.32. The predicted octanol–water partition coefficient (Wildman–Crippen LogP) is 4.67.